The van der Waals surface area contributed by atoms with Gasteiger partial charge in [0, 0.05) is 6.20 Å². The molecule has 0 aliphatic carbocycles. The van der Waals surface area contributed by atoms with Gasteiger partial charge in [0.2, 0.25) is 10.0 Å². The van der Waals surface area contributed by atoms with E-state index in [1.165, 1.54) is 36.4 Å². The smallest absolute Gasteiger partial charge is 0.356 e. The zero-order chi connectivity index (χ0) is 20.6. The van der Waals surface area contributed by atoms with Crippen LogP contribution in [0.3, 0.4) is 0 Å². The number of nitrogens with zero attached hydrogens (tertiary/aromatic N) is 1. The van der Waals surface area contributed by atoms with E-state index in [1.807, 2.05) is 11.6 Å². The van der Waals surface area contributed by atoms with Crippen LogP contribution in [0.4, 0.5) is 4.39 Å². The van der Waals surface area contributed by atoms with E-state index in [0.29, 0.717) is 12.2 Å². The fourth-order valence-electron chi connectivity index (χ4n) is 1.97. The van der Waals surface area contributed by atoms with Crippen molar-refractivity contribution in [2.75, 3.05) is 19.0 Å². The lowest BCUT2D eigenvalue weighted by Gasteiger charge is -2.09. The second-order valence-electron chi connectivity index (χ2n) is 5.62. The molecule has 0 atom stereocenters. The van der Waals surface area contributed by atoms with E-state index in [2.05, 4.69) is 4.98 Å². The molecular weight excluding hydrogens is 391 g/mol. The molecule has 10 heteroatoms. The Morgan fingerprint density at radius 3 is 2.43 bits per heavy atom. The van der Waals surface area contributed by atoms with Crippen molar-refractivity contribution in [1.82, 2.24) is 9.71 Å². The van der Waals surface area contributed by atoms with Crippen molar-refractivity contribution in [3.8, 4) is 5.75 Å². The van der Waals surface area contributed by atoms with Crippen LogP contribution in [0.2, 0.25) is 0 Å². The van der Waals surface area contributed by atoms with Crippen molar-refractivity contribution in [3.63, 3.8) is 0 Å². The third kappa shape index (κ3) is 6.62. The number of halogens is 1. The Balaban J connectivity index is 1.87. The second-order valence-corrected chi connectivity index (χ2v) is 7.46. The van der Waals surface area contributed by atoms with Crippen LogP contribution in [-0.4, -0.2) is 44.2 Å². The Bertz CT molecular complexity index is 914. The zero-order valence-corrected chi connectivity index (χ0v) is 15.9. The molecule has 0 aliphatic rings. The van der Waals surface area contributed by atoms with E-state index >= 15 is 0 Å². The predicted octanol–water partition coefficient (Wildman–Crippen LogP) is 1.93. The molecule has 2 aromatic rings. The number of rotatable bonds is 9. The van der Waals surface area contributed by atoms with Gasteiger partial charge in [-0.05, 0) is 42.8 Å². The van der Waals surface area contributed by atoms with E-state index in [1.54, 1.807) is 0 Å². The molecule has 0 unspecified atom stereocenters. The summed E-state index contributed by atoms with van der Waals surface area (Å²) < 4.78 is 48.8. The van der Waals surface area contributed by atoms with Crippen molar-refractivity contribution in [1.29, 1.82) is 0 Å². The standard InChI is InChI=1S/C18H19FN2O6S/c1-2-9-27-18(23)16-8-3-13(12-20-16)17(22)21-28(24,25)11-10-26-15-6-4-14(19)5-7-15/h3-8,12H,2,9-11H2,1H3,(H,21,22). The number of nitrogens with one attached hydrogen (secondary N) is 1. The molecule has 0 saturated carbocycles. The first-order valence-electron chi connectivity index (χ1n) is 8.37. The fourth-order valence-corrected chi connectivity index (χ4v) is 2.77. The van der Waals surface area contributed by atoms with Gasteiger partial charge in [0.25, 0.3) is 5.91 Å². The molecule has 150 valence electrons. The third-order valence-electron chi connectivity index (χ3n) is 3.35. The van der Waals surface area contributed by atoms with Crippen LogP contribution in [0.1, 0.15) is 34.2 Å². The Morgan fingerprint density at radius 1 is 1.11 bits per heavy atom. The molecule has 1 aromatic heterocycles. The van der Waals surface area contributed by atoms with Gasteiger partial charge in [-0.1, -0.05) is 6.92 Å². The number of esters is 1. The lowest BCUT2D eigenvalue weighted by atomic mass is 10.2. The molecule has 0 radical (unpaired) electrons. The minimum Gasteiger partial charge on any atom is -0.492 e. The van der Waals surface area contributed by atoms with Gasteiger partial charge in [-0.25, -0.2) is 27.3 Å². The number of aromatic nitrogens is 1. The van der Waals surface area contributed by atoms with Gasteiger partial charge >= 0.3 is 5.97 Å². The average molecular weight is 410 g/mol. The van der Waals surface area contributed by atoms with Crippen LogP contribution in [0.15, 0.2) is 42.6 Å². The first-order valence-corrected chi connectivity index (χ1v) is 10.0. The minimum absolute atomic E-state index is 0.0144. The highest BCUT2D eigenvalue weighted by atomic mass is 32.2. The summed E-state index contributed by atoms with van der Waals surface area (Å²) >= 11 is 0. The summed E-state index contributed by atoms with van der Waals surface area (Å²) in [5.74, 6) is -2.13. The van der Waals surface area contributed by atoms with Gasteiger partial charge in [0.15, 0.2) is 0 Å². The van der Waals surface area contributed by atoms with Gasteiger partial charge in [-0.2, -0.15) is 0 Å². The number of sulfonamides is 1. The van der Waals surface area contributed by atoms with E-state index in [9.17, 15) is 22.4 Å². The number of carbonyl (C=O) groups excluding carboxylic acids is 2. The quantitative estimate of drug-likeness (QED) is 0.629. The number of hydrogen-bond acceptors (Lipinski definition) is 7. The maximum Gasteiger partial charge on any atom is 0.356 e. The summed E-state index contributed by atoms with van der Waals surface area (Å²) in [4.78, 5) is 27.5. The first kappa shape index (κ1) is 21.3. The molecule has 8 nitrogen and oxygen atoms in total. The monoisotopic (exact) mass is 410 g/mol. The molecule has 0 aliphatic heterocycles. The molecule has 1 N–H and O–H groups in total. The van der Waals surface area contributed by atoms with Gasteiger partial charge in [-0.3, -0.25) is 4.79 Å². The molecule has 1 amide bonds. The zero-order valence-electron chi connectivity index (χ0n) is 15.1. The van der Waals surface area contributed by atoms with Crippen LogP contribution in [0, 0.1) is 5.82 Å². The molecule has 1 aromatic carbocycles. The number of carbonyl (C=O) groups is 2. The first-order chi connectivity index (χ1) is 13.3. The van der Waals surface area contributed by atoms with E-state index in [4.69, 9.17) is 9.47 Å². The van der Waals surface area contributed by atoms with Crippen LogP contribution in [-0.2, 0) is 14.8 Å². The number of amides is 1. The summed E-state index contributed by atoms with van der Waals surface area (Å²) in [5, 5.41) is 0. The molecule has 0 bridgehead atoms. The van der Waals surface area contributed by atoms with Crippen molar-refractivity contribution < 1.29 is 31.9 Å². The topological polar surface area (TPSA) is 112 Å². The Kier molecular flexibility index (Phi) is 7.44. The molecule has 0 spiro atoms. The predicted molar refractivity (Wildman–Crippen MR) is 98.0 cm³/mol. The maximum atomic E-state index is 12.8. The Labute approximate surface area is 161 Å². The third-order valence-corrected chi connectivity index (χ3v) is 4.56. The summed E-state index contributed by atoms with van der Waals surface area (Å²) in [5.41, 5.74) is -0.0179. The highest BCUT2D eigenvalue weighted by Gasteiger charge is 2.17. The average Bonchev–Trinajstić information content (AvgIpc) is 2.67. The van der Waals surface area contributed by atoms with Crippen LogP contribution in [0.25, 0.3) is 0 Å². The van der Waals surface area contributed by atoms with E-state index in [-0.39, 0.29) is 24.5 Å². The summed E-state index contributed by atoms with van der Waals surface area (Å²) in [6, 6.07) is 7.63. The highest BCUT2D eigenvalue weighted by molar-refractivity contribution is 7.90. The molecular formula is C18H19FN2O6S. The SMILES string of the molecule is CCCOC(=O)c1ccc(C(=O)NS(=O)(=O)CCOc2ccc(F)cc2)cn1. The van der Waals surface area contributed by atoms with Crippen LogP contribution < -0.4 is 9.46 Å². The summed E-state index contributed by atoms with van der Waals surface area (Å²) in [6.45, 7) is 1.87. The van der Waals surface area contributed by atoms with E-state index in [0.717, 1.165) is 6.20 Å². The van der Waals surface area contributed by atoms with Gasteiger partial charge < -0.3 is 9.47 Å². The van der Waals surface area contributed by atoms with Gasteiger partial charge in [-0.15, -0.1) is 0 Å². The fraction of sp³-hybridized carbons (Fsp3) is 0.278. The normalized spacial score (nSPS) is 10.9. The van der Waals surface area contributed by atoms with Crippen LogP contribution in [0.5, 0.6) is 5.75 Å². The van der Waals surface area contributed by atoms with Crippen LogP contribution >= 0.6 is 0 Å². The molecule has 2 rings (SSSR count). The van der Waals surface area contributed by atoms with Gasteiger partial charge in [0.1, 0.15) is 29.6 Å². The molecule has 0 saturated heterocycles. The lowest BCUT2D eigenvalue weighted by molar-refractivity contribution is 0.0497. The lowest BCUT2D eigenvalue weighted by Crippen LogP contribution is -2.34. The summed E-state index contributed by atoms with van der Waals surface area (Å²) in [6.07, 6.45) is 1.75. The number of benzene rings is 1. The van der Waals surface area contributed by atoms with Gasteiger partial charge in [0.05, 0.1) is 12.2 Å². The molecule has 28 heavy (non-hydrogen) atoms. The molecule has 1 heterocycles. The second kappa shape index (κ2) is 9.79. The van der Waals surface area contributed by atoms with Crippen molar-refractivity contribution >= 4 is 21.9 Å². The molecule has 0 fully saturated rings. The minimum atomic E-state index is -3.96. The largest absolute Gasteiger partial charge is 0.492 e. The number of ether oxygens (including phenoxy) is 2. The number of pyridine rings is 1. The maximum absolute atomic E-state index is 12.8. The van der Waals surface area contributed by atoms with E-state index < -0.39 is 33.5 Å². The van der Waals surface area contributed by atoms with Crippen molar-refractivity contribution in [2.24, 2.45) is 0 Å². The number of hydrogen-bond donors (Lipinski definition) is 1. The van der Waals surface area contributed by atoms with Crippen molar-refractivity contribution in [3.05, 3.63) is 59.7 Å². The Morgan fingerprint density at radius 2 is 1.82 bits per heavy atom. The Hall–Kier alpha value is -3.01. The highest BCUT2D eigenvalue weighted by Crippen LogP contribution is 2.11. The van der Waals surface area contributed by atoms with Crippen molar-refractivity contribution in [2.45, 2.75) is 13.3 Å². The summed E-state index contributed by atoms with van der Waals surface area (Å²) in [7, 11) is -3.96.